The highest BCUT2D eigenvalue weighted by molar-refractivity contribution is 5.76. The first-order valence-electron chi connectivity index (χ1n) is 7.84. The van der Waals surface area contributed by atoms with E-state index in [1.807, 2.05) is 0 Å². The number of benzene rings is 2. The molecule has 1 N–H and O–H groups in total. The summed E-state index contributed by atoms with van der Waals surface area (Å²) in [5, 5.41) is 3.79. The van der Waals surface area contributed by atoms with Crippen molar-refractivity contribution in [3.63, 3.8) is 0 Å². The van der Waals surface area contributed by atoms with Gasteiger partial charge in [-0.05, 0) is 47.2 Å². The van der Waals surface area contributed by atoms with Gasteiger partial charge in [-0.15, -0.1) is 0 Å². The van der Waals surface area contributed by atoms with E-state index in [1.165, 1.54) is 30.4 Å². The van der Waals surface area contributed by atoms with Crippen molar-refractivity contribution in [1.29, 1.82) is 0 Å². The van der Waals surface area contributed by atoms with Crippen molar-refractivity contribution in [1.82, 2.24) is 5.32 Å². The van der Waals surface area contributed by atoms with E-state index >= 15 is 0 Å². The molecule has 4 rings (SSSR count). The van der Waals surface area contributed by atoms with Crippen molar-refractivity contribution in [2.45, 2.75) is 38.1 Å². The van der Waals surface area contributed by atoms with Crippen molar-refractivity contribution in [2.24, 2.45) is 0 Å². The van der Waals surface area contributed by atoms with Crippen LogP contribution in [0.4, 0.5) is 0 Å². The fourth-order valence-corrected chi connectivity index (χ4v) is 4.12. The fourth-order valence-electron chi connectivity index (χ4n) is 4.12. The zero-order valence-electron chi connectivity index (χ0n) is 12.0. The molecule has 1 aliphatic carbocycles. The molecule has 0 bridgehead atoms. The quantitative estimate of drug-likeness (QED) is 0.844. The van der Waals surface area contributed by atoms with Gasteiger partial charge in [-0.2, -0.15) is 0 Å². The Labute approximate surface area is 121 Å². The van der Waals surface area contributed by atoms with Gasteiger partial charge in [0, 0.05) is 12.0 Å². The van der Waals surface area contributed by atoms with Gasteiger partial charge in [-0.25, -0.2) is 0 Å². The molecule has 2 unspecified atom stereocenters. The smallest absolute Gasteiger partial charge is 0.0398 e. The summed E-state index contributed by atoms with van der Waals surface area (Å²) >= 11 is 0. The van der Waals surface area contributed by atoms with E-state index in [9.17, 15) is 0 Å². The Kier molecular flexibility index (Phi) is 2.89. The van der Waals surface area contributed by atoms with Gasteiger partial charge in [-0.3, -0.25) is 0 Å². The largest absolute Gasteiger partial charge is 0.309 e. The molecular formula is C19H21N. The van der Waals surface area contributed by atoms with Crippen LogP contribution in [0.5, 0.6) is 0 Å². The van der Waals surface area contributed by atoms with Crippen molar-refractivity contribution in [3.8, 4) is 11.1 Å². The molecule has 1 nitrogen and oxygen atoms in total. The van der Waals surface area contributed by atoms with Crippen LogP contribution >= 0.6 is 0 Å². The summed E-state index contributed by atoms with van der Waals surface area (Å²) in [6.07, 6.45) is 3.68. The molecule has 1 heterocycles. The lowest BCUT2D eigenvalue weighted by molar-refractivity contribution is 0.401. The van der Waals surface area contributed by atoms with Gasteiger partial charge in [0.1, 0.15) is 0 Å². The first kappa shape index (κ1) is 12.2. The lowest BCUT2D eigenvalue weighted by atomic mass is 9.71. The summed E-state index contributed by atoms with van der Waals surface area (Å²) in [7, 11) is 0. The summed E-state index contributed by atoms with van der Waals surface area (Å²) in [5.41, 5.74) is 7.60. The van der Waals surface area contributed by atoms with E-state index in [2.05, 4.69) is 54.7 Å². The number of rotatable bonds is 2. The van der Waals surface area contributed by atoms with Crippen molar-refractivity contribution < 1.29 is 0 Å². The van der Waals surface area contributed by atoms with Crippen LogP contribution in [0, 0.1) is 0 Å². The van der Waals surface area contributed by atoms with E-state index in [0.717, 1.165) is 6.54 Å². The third-order valence-corrected chi connectivity index (χ3v) is 4.92. The molecule has 2 aromatic carbocycles. The second-order valence-corrected chi connectivity index (χ2v) is 6.04. The molecule has 0 aromatic heterocycles. The minimum absolute atomic E-state index is 0.518. The Morgan fingerprint density at radius 3 is 2.80 bits per heavy atom. The van der Waals surface area contributed by atoms with Crippen LogP contribution in [-0.2, 0) is 6.42 Å². The molecule has 2 aliphatic rings. The highest BCUT2D eigenvalue weighted by Gasteiger charge is 2.35. The Morgan fingerprint density at radius 2 is 1.90 bits per heavy atom. The highest BCUT2D eigenvalue weighted by Crippen LogP contribution is 2.49. The van der Waals surface area contributed by atoms with E-state index in [-0.39, 0.29) is 0 Å². The molecule has 102 valence electrons. The molecule has 2 aromatic rings. The van der Waals surface area contributed by atoms with Crippen molar-refractivity contribution >= 4 is 0 Å². The predicted octanol–water partition coefficient (Wildman–Crippen LogP) is 4.44. The minimum atomic E-state index is 0.518. The average molecular weight is 263 g/mol. The molecule has 0 saturated heterocycles. The molecule has 0 spiro atoms. The van der Waals surface area contributed by atoms with Gasteiger partial charge >= 0.3 is 0 Å². The van der Waals surface area contributed by atoms with Crippen molar-refractivity contribution in [2.75, 3.05) is 6.54 Å². The Morgan fingerprint density at radius 1 is 1.05 bits per heavy atom. The lowest BCUT2D eigenvalue weighted by Gasteiger charge is -2.40. The molecule has 0 radical (unpaired) electrons. The minimum Gasteiger partial charge on any atom is -0.309 e. The second kappa shape index (κ2) is 4.75. The van der Waals surface area contributed by atoms with Gasteiger partial charge in [0.15, 0.2) is 0 Å². The first-order valence-corrected chi connectivity index (χ1v) is 7.84. The standard InChI is InChI=1S/C19H21N/c1-2-6-17-15-9-4-3-8-14(15)16-10-5-7-13-11-12-20-19(17)18(13)16/h3-5,7-10,17,19-20H,2,6,11-12H2,1H3. The summed E-state index contributed by atoms with van der Waals surface area (Å²) < 4.78 is 0. The second-order valence-electron chi connectivity index (χ2n) is 6.04. The van der Waals surface area contributed by atoms with Gasteiger partial charge in [0.2, 0.25) is 0 Å². The monoisotopic (exact) mass is 263 g/mol. The maximum atomic E-state index is 3.79. The summed E-state index contributed by atoms with van der Waals surface area (Å²) in [6, 6.07) is 16.4. The Balaban J connectivity index is 1.99. The van der Waals surface area contributed by atoms with E-state index in [4.69, 9.17) is 0 Å². The molecule has 1 heteroatoms. The molecule has 0 amide bonds. The van der Waals surface area contributed by atoms with Crippen molar-refractivity contribution in [3.05, 3.63) is 59.2 Å². The van der Waals surface area contributed by atoms with Crippen LogP contribution in [0.15, 0.2) is 42.5 Å². The Hall–Kier alpha value is -1.60. The maximum absolute atomic E-state index is 3.79. The van der Waals surface area contributed by atoms with Crippen LogP contribution in [-0.4, -0.2) is 6.54 Å². The normalized spacial score (nSPS) is 23.1. The zero-order chi connectivity index (χ0) is 13.5. The summed E-state index contributed by atoms with van der Waals surface area (Å²) in [4.78, 5) is 0. The highest BCUT2D eigenvalue weighted by atomic mass is 14.9. The number of hydrogen-bond acceptors (Lipinski definition) is 1. The SMILES string of the molecule is CCCC1c2ccccc2-c2cccc3c2C1NCC3. The van der Waals surface area contributed by atoms with Crippen LogP contribution in [0.2, 0.25) is 0 Å². The van der Waals surface area contributed by atoms with E-state index < -0.39 is 0 Å². The molecular weight excluding hydrogens is 242 g/mol. The van der Waals surface area contributed by atoms with E-state index in [0.29, 0.717) is 12.0 Å². The molecule has 0 fully saturated rings. The van der Waals surface area contributed by atoms with Crippen LogP contribution in [0.25, 0.3) is 11.1 Å². The third-order valence-electron chi connectivity index (χ3n) is 4.92. The first-order chi connectivity index (χ1) is 9.90. The zero-order valence-corrected chi connectivity index (χ0v) is 12.0. The van der Waals surface area contributed by atoms with Crippen LogP contribution in [0.3, 0.4) is 0 Å². The fraction of sp³-hybridized carbons (Fsp3) is 0.368. The molecule has 2 atom stereocenters. The predicted molar refractivity (Wildman–Crippen MR) is 84.0 cm³/mol. The molecule has 0 saturated carbocycles. The third kappa shape index (κ3) is 1.66. The van der Waals surface area contributed by atoms with Gasteiger partial charge in [0.25, 0.3) is 0 Å². The number of fused-ring (bicyclic) bond motifs is 2. The summed E-state index contributed by atoms with van der Waals surface area (Å²) in [5.74, 6) is 0.630. The molecule has 20 heavy (non-hydrogen) atoms. The van der Waals surface area contributed by atoms with E-state index in [1.54, 1.807) is 16.7 Å². The van der Waals surface area contributed by atoms with Gasteiger partial charge in [-0.1, -0.05) is 55.8 Å². The topological polar surface area (TPSA) is 12.0 Å². The van der Waals surface area contributed by atoms with Gasteiger partial charge < -0.3 is 5.32 Å². The summed E-state index contributed by atoms with van der Waals surface area (Å²) in [6.45, 7) is 3.41. The maximum Gasteiger partial charge on any atom is 0.0398 e. The Bertz CT molecular complexity index is 644. The van der Waals surface area contributed by atoms with Gasteiger partial charge in [0.05, 0.1) is 0 Å². The lowest BCUT2D eigenvalue weighted by Crippen LogP contribution is -2.36. The molecule has 1 aliphatic heterocycles. The van der Waals surface area contributed by atoms with Crippen LogP contribution in [0.1, 0.15) is 48.4 Å². The average Bonchev–Trinajstić information content (AvgIpc) is 2.51. The number of hydrogen-bond donors (Lipinski definition) is 1. The number of nitrogens with one attached hydrogen (secondary N) is 1. The van der Waals surface area contributed by atoms with Crippen LogP contribution < -0.4 is 5.32 Å².